The van der Waals surface area contributed by atoms with E-state index in [1.165, 1.54) is 12.4 Å². The zero-order valence-electron chi connectivity index (χ0n) is 21.9. The first-order valence-corrected chi connectivity index (χ1v) is 13.4. The highest BCUT2D eigenvalue weighted by Crippen LogP contribution is 2.42. The molecule has 0 saturated carbocycles. The molecular weight excluding hydrogens is 535 g/mol. The van der Waals surface area contributed by atoms with Crippen LogP contribution in [0.4, 0.5) is 13.2 Å². The van der Waals surface area contributed by atoms with Crippen LogP contribution in [0.25, 0.3) is 66.5 Å². The number of pyridine rings is 1. The summed E-state index contributed by atoms with van der Waals surface area (Å²) in [4.78, 5) is 13.4. The van der Waals surface area contributed by atoms with E-state index in [4.69, 9.17) is 4.98 Å². The zero-order valence-corrected chi connectivity index (χ0v) is 21.9. The van der Waals surface area contributed by atoms with E-state index in [9.17, 15) is 0 Å². The van der Waals surface area contributed by atoms with Crippen LogP contribution in [0.2, 0.25) is 0 Å². The summed E-state index contributed by atoms with van der Waals surface area (Å²) in [7, 11) is 0. The van der Waals surface area contributed by atoms with Gasteiger partial charge in [0.1, 0.15) is 0 Å². The molecule has 0 aliphatic carbocycles. The summed E-state index contributed by atoms with van der Waals surface area (Å²) >= 11 is 0. The van der Waals surface area contributed by atoms with Crippen LogP contribution in [0, 0.1) is 0 Å². The number of nitrogens with zero attached hydrogens (tertiary/aromatic N) is 5. The Morgan fingerprint density at radius 3 is 1.45 bits per heavy atom. The largest absolute Gasteiger partial charge is 0.434 e. The van der Waals surface area contributed by atoms with Gasteiger partial charge in [-0.15, -0.1) is 0 Å². The Morgan fingerprint density at radius 1 is 0.524 bits per heavy atom. The van der Waals surface area contributed by atoms with Crippen LogP contribution < -0.4 is 0 Å². The van der Waals surface area contributed by atoms with Crippen LogP contribution in [-0.4, -0.2) is 24.1 Å². The average molecular weight is 556 g/mol. The lowest BCUT2D eigenvalue weighted by Gasteiger charge is -2.20. The van der Waals surface area contributed by atoms with Crippen LogP contribution in [0.1, 0.15) is 5.69 Å². The quantitative estimate of drug-likeness (QED) is 0.219. The van der Waals surface area contributed by atoms with E-state index in [-0.39, 0.29) is 22.9 Å². The van der Waals surface area contributed by atoms with Gasteiger partial charge in [0, 0.05) is 39.5 Å². The number of alkyl halides is 3. The summed E-state index contributed by atoms with van der Waals surface area (Å²) in [6, 6.07) is 33.8. The van der Waals surface area contributed by atoms with Crippen LogP contribution in [0.5, 0.6) is 0 Å². The van der Waals surface area contributed by atoms with E-state index in [0.29, 0.717) is 11.0 Å². The molecule has 0 amide bonds. The van der Waals surface area contributed by atoms with Crippen molar-refractivity contribution in [3.63, 3.8) is 0 Å². The average Bonchev–Trinajstić information content (AvgIpc) is 3.54. The minimum absolute atomic E-state index is 0.0655. The molecule has 0 radical (unpaired) electrons. The summed E-state index contributed by atoms with van der Waals surface area (Å²) in [5.41, 5.74) is 2.03. The molecule has 5 nitrogen and oxygen atoms in total. The smallest absolute Gasteiger partial charge is 0.293 e. The van der Waals surface area contributed by atoms with E-state index >= 15 is 13.2 Å². The first-order chi connectivity index (χ1) is 20.5. The van der Waals surface area contributed by atoms with Crippen molar-refractivity contribution in [2.45, 2.75) is 6.18 Å². The van der Waals surface area contributed by atoms with Crippen LogP contribution in [0.3, 0.4) is 0 Å². The Balaban J connectivity index is 1.59. The van der Waals surface area contributed by atoms with Gasteiger partial charge in [0.15, 0.2) is 11.5 Å². The zero-order chi connectivity index (χ0) is 28.4. The molecule has 8 aromatic rings. The molecule has 4 aromatic heterocycles. The minimum Gasteiger partial charge on any atom is -0.293 e. The maximum atomic E-state index is 15.1. The predicted molar refractivity (Wildman–Crippen MR) is 159 cm³/mol. The lowest BCUT2D eigenvalue weighted by molar-refractivity contribution is -0.140. The molecule has 0 saturated heterocycles. The third kappa shape index (κ3) is 3.55. The van der Waals surface area contributed by atoms with Crippen molar-refractivity contribution in [2.75, 3.05) is 0 Å². The summed E-state index contributed by atoms with van der Waals surface area (Å²) in [6.07, 6.45) is -1.83. The van der Waals surface area contributed by atoms with Crippen LogP contribution in [-0.2, 0) is 6.18 Å². The van der Waals surface area contributed by atoms with Gasteiger partial charge in [0.2, 0.25) is 5.95 Å². The lowest BCUT2D eigenvalue weighted by atomic mass is 10.1. The first-order valence-electron chi connectivity index (χ1n) is 13.4. The van der Waals surface area contributed by atoms with Crippen molar-refractivity contribution in [3.8, 4) is 22.9 Å². The van der Waals surface area contributed by atoms with E-state index in [1.54, 1.807) is 21.3 Å². The molecule has 42 heavy (non-hydrogen) atoms. The summed E-state index contributed by atoms with van der Waals surface area (Å²) in [6.45, 7) is 0. The van der Waals surface area contributed by atoms with E-state index in [2.05, 4.69) is 9.97 Å². The molecule has 8 rings (SSSR count). The molecule has 0 aliphatic rings. The summed E-state index contributed by atoms with van der Waals surface area (Å²) < 4.78 is 48.8. The number of hydrogen-bond donors (Lipinski definition) is 0. The molecule has 0 spiro atoms. The molecule has 0 aliphatic heterocycles. The molecule has 202 valence electrons. The fourth-order valence-electron chi connectivity index (χ4n) is 5.97. The number of aromatic nitrogens is 5. The molecule has 0 unspecified atom stereocenters. The molecule has 8 heteroatoms. The highest BCUT2D eigenvalue weighted by molar-refractivity contribution is 6.10. The number of fused-ring (bicyclic) bond motifs is 6. The molecule has 0 atom stereocenters. The first kappa shape index (κ1) is 24.3. The fourth-order valence-corrected chi connectivity index (χ4v) is 5.97. The predicted octanol–water partition coefficient (Wildman–Crippen LogP) is 8.75. The van der Waals surface area contributed by atoms with Crippen molar-refractivity contribution in [3.05, 3.63) is 127 Å². The fraction of sp³-hybridized carbons (Fsp3) is 0.0294. The van der Waals surface area contributed by atoms with Gasteiger partial charge in [-0.2, -0.15) is 18.2 Å². The van der Waals surface area contributed by atoms with Crippen molar-refractivity contribution < 1.29 is 13.2 Å². The Morgan fingerprint density at radius 2 is 1.00 bits per heavy atom. The third-order valence-corrected chi connectivity index (χ3v) is 7.67. The Labute approximate surface area is 237 Å². The molecule has 0 N–H and O–H groups in total. The molecule has 0 bridgehead atoms. The third-order valence-electron chi connectivity index (χ3n) is 7.67. The second-order valence-electron chi connectivity index (χ2n) is 10.0. The van der Waals surface area contributed by atoms with Crippen molar-refractivity contribution in [1.29, 1.82) is 0 Å². The van der Waals surface area contributed by atoms with Gasteiger partial charge in [-0.25, -0.2) is 4.98 Å². The topological polar surface area (TPSA) is 48.5 Å². The Kier molecular flexibility index (Phi) is 5.21. The second kappa shape index (κ2) is 9.01. The van der Waals surface area contributed by atoms with Gasteiger partial charge < -0.3 is 0 Å². The second-order valence-corrected chi connectivity index (χ2v) is 10.0. The molecule has 4 aromatic carbocycles. The normalized spacial score (nSPS) is 12.2. The number of halogens is 3. The number of para-hydroxylation sites is 4. The minimum atomic E-state index is -4.78. The monoisotopic (exact) mass is 555 g/mol. The van der Waals surface area contributed by atoms with Gasteiger partial charge in [0.25, 0.3) is 0 Å². The van der Waals surface area contributed by atoms with Gasteiger partial charge in [-0.3, -0.25) is 14.1 Å². The maximum Gasteiger partial charge on any atom is 0.434 e. The number of benzene rings is 4. The highest BCUT2D eigenvalue weighted by Gasteiger charge is 2.39. The van der Waals surface area contributed by atoms with Gasteiger partial charge in [-0.1, -0.05) is 78.9 Å². The standard InChI is InChI=1S/C34H20F3N5/c35-34(36,37)31-30(21-10-9-19-38-20-21)32(41-26-15-5-1-11-22(26)23-12-2-6-16-27(23)41)40-33(39-31)42-28-17-7-3-13-24(28)25-14-4-8-18-29(25)42/h1-20H. The molecular formula is C34H20F3N5. The highest BCUT2D eigenvalue weighted by atomic mass is 19.4. The summed E-state index contributed by atoms with van der Waals surface area (Å²) in [5.74, 6) is 0.0591. The van der Waals surface area contributed by atoms with Crippen molar-refractivity contribution in [2.24, 2.45) is 0 Å². The van der Waals surface area contributed by atoms with Crippen molar-refractivity contribution in [1.82, 2.24) is 24.1 Å². The number of hydrogen-bond acceptors (Lipinski definition) is 3. The van der Waals surface area contributed by atoms with E-state index in [0.717, 1.165) is 32.6 Å². The lowest BCUT2D eigenvalue weighted by Crippen LogP contribution is -2.17. The molecule has 0 fully saturated rings. The van der Waals surface area contributed by atoms with Crippen molar-refractivity contribution >= 4 is 43.6 Å². The van der Waals surface area contributed by atoms with Crippen LogP contribution in [0.15, 0.2) is 122 Å². The van der Waals surface area contributed by atoms with Gasteiger partial charge >= 0.3 is 6.18 Å². The number of rotatable bonds is 3. The van der Waals surface area contributed by atoms with Gasteiger partial charge in [-0.05, 0) is 30.3 Å². The van der Waals surface area contributed by atoms with E-state index < -0.39 is 11.9 Å². The van der Waals surface area contributed by atoms with Crippen LogP contribution >= 0.6 is 0 Å². The van der Waals surface area contributed by atoms with E-state index in [1.807, 2.05) is 97.1 Å². The molecule has 4 heterocycles. The summed E-state index contributed by atoms with van der Waals surface area (Å²) in [5, 5.41) is 3.63. The Hall–Kier alpha value is -5.50. The van der Waals surface area contributed by atoms with Gasteiger partial charge in [0.05, 0.1) is 27.6 Å². The maximum absolute atomic E-state index is 15.1. The Bertz CT molecular complexity index is 2190. The SMILES string of the molecule is FC(F)(F)c1nc(-n2c3ccccc3c3ccccc32)nc(-n2c3ccccc3c3ccccc32)c1-c1cccnc1.